The van der Waals surface area contributed by atoms with Crippen LogP contribution in [-0.4, -0.2) is 41.5 Å². The maximum absolute atomic E-state index is 12.4. The Labute approximate surface area is 144 Å². The first-order chi connectivity index (χ1) is 11.7. The molecule has 126 valence electrons. The Morgan fingerprint density at radius 3 is 2.62 bits per heavy atom. The molecule has 7 heteroatoms. The Morgan fingerprint density at radius 2 is 1.96 bits per heavy atom. The lowest BCUT2D eigenvalue weighted by molar-refractivity contribution is 0.0690. The molecule has 0 atom stereocenters. The summed E-state index contributed by atoms with van der Waals surface area (Å²) >= 11 is 1.49. The zero-order valence-corrected chi connectivity index (χ0v) is 14.1. The van der Waals surface area contributed by atoms with Gasteiger partial charge in [0.1, 0.15) is 0 Å². The number of urea groups is 1. The van der Waals surface area contributed by atoms with Crippen molar-refractivity contribution in [2.24, 2.45) is 5.92 Å². The summed E-state index contributed by atoms with van der Waals surface area (Å²) in [7, 11) is 0. The van der Waals surface area contributed by atoms with Crippen molar-refractivity contribution in [2.45, 2.75) is 12.8 Å². The van der Waals surface area contributed by atoms with E-state index in [2.05, 4.69) is 15.6 Å². The third kappa shape index (κ3) is 4.32. The average molecular weight is 344 g/mol. The smallest absolute Gasteiger partial charge is 0.319 e. The highest BCUT2D eigenvalue weighted by molar-refractivity contribution is 7.14. The van der Waals surface area contributed by atoms with Gasteiger partial charge in [-0.25, -0.2) is 4.79 Å². The van der Waals surface area contributed by atoms with E-state index in [1.807, 2.05) is 22.4 Å². The number of hydrogen-bond donors (Lipinski definition) is 2. The molecule has 1 aliphatic rings. The Kier molecular flexibility index (Phi) is 5.43. The fourth-order valence-electron chi connectivity index (χ4n) is 2.76. The van der Waals surface area contributed by atoms with Gasteiger partial charge in [0.2, 0.25) is 0 Å². The zero-order chi connectivity index (χ0) is 16.8. The van der Waals surface area contributed by atoms with Crippen molar-refractivity contribution in [3.8, 4) is 0 Å². The first-order valence-corrected chi connectivity index (χ1v) is 8.88. The standard InChI is InChI=1S/C17H20N4O2S/c22-16(14-3-7-18-8-4-14)21-9-5-13(6-10-21)12-19-17(23)20-15-2-1-11-24-15/h1-4,7-8,11,13H,5-6,9-10,12H2,(H2,19,20,23). The fraction of sp³-hybridized carbons (Fsp3) is 0.353. The molecule has 0 aromatic carbocycles. The molecule has 1 saturated heterocycles. The van der Waals surface area contributed by atoms with Gasteiger partial charge in [0.15, 0.2) is 0 Å². The third-order valence-electron chi connectivity index (χ3n) is 4.14. The molecule has 0 spiro atoms. The van der Waals surface area contributed by atoms with Crippen LogP contribution in [0.25, 0.3) is 0 Å². The number of nitrogens with one attached hydrogen (secondary N) is 2. The van der Waals surface area contributed by atoms with E-state index >= 15 is 0 Å². The number of pyridine rings is 1. The first kappa shape index (κ1) is 16.4. The van der Waals surface area contributed by atoms with Crippen LogP contribution >= 0.6 is 11.3 Å². The minimum absolute atomic E-state index is 0.0549. The summed E-state index contributed by atoms with van der Waals surface area (Å²) in [6.45, 7) is 2.08. The van der Waals surface area contributed by atoms with Crippen LogP contribution in [0, 0.1) is 5.92 Å². The first-order valence-electron chi connectivity index (χ1n) is 8.00. The molecule has 0 radical (unpaired) electrons. The van der Waals surface area contributed by atoms with Crippen molar-refractivity contribution in [3.63, 3.8) is 0 Å². The summed E-state index contributed by atoms with van der Waals surface area (Å²) in [6.07, 6.45) is 5.07. The van der Waals surface area contributed by atoms with E-state index in [9.17, 15) is 9.59 Å². The molecule has 24 heavy (non-hydrogen) atoms. The molecule has 2 aromatic heterocycles. The number of aromatic nitrogens is 1. The Balaban J connectivity index is 1.40. The van der Waals surface area contributed by atoms with Gasteiger partial charge >= 0.3 is 6.03 Å². The number of likely N-dealkylation sites (tertiary alicyclic amines) is 1. The van der Waals surface area contributed by atoms with E-state index in [4.69, 9.17) is 0 Å². The summed E-state index contributed by atoms with van der Waals surface area (Å²) in [5.74, 6) is 0.458. The molecule has 0 saturated carbocycles. The Bertz CT molecular complexity index is 667. The van der Waals surface area contributed by atoms with Gasteiger partial charge in [0.25, 0.3) is 5.91 Å². The number of piperidine rings is 1. The molecule has 6 nitrogen and oxygen atoms in total. The highest BCUT2D eigenvalue weighted by Crippen LogP contribution is 2.19. The SMILES string of the molecule is O=C(NCC1CCN(C(=O)c2ccncc2)CC1)Nc1cccs1. The van der Waals surface area contributed by atoms with Gasteiger partial charge in [-0.1, -0.05) is 0 Å². The largest absolute Gasteiger partial charge is 0.339 e. The highest BCUT2D eigenvalue weighted by Gasteiger charge is 2.23. The average Bonchev–Trinajstić information content (AvgIpc) is 3.13. The number of carbonyl (C=O) groups is 2. The molecule has 3 amide bonds. The predicted octanol–water partition coefficient (Wildman–Crippen LogP) is 2.82. The van der Waals surface area contributed by atoms with Crippen molar-refractivity contribution in [1.82, 2.24) is 15.2 Å². The van der Waals surface area contributed by atoms with E-state index in [1.54, 1.807) is 24.5 Å². The zero-order valence-electron chi connectivity index (χ0n) is 13.3. The minimum atomic E-state index is -0.173. The van der Waals surface area contributed by atoms with Gasteiger partial charge < -0.3 is 10.2 Å². The summed E-state index contributed by atoms with van der Waals surface area (Å²) < 4.78 is 0. The monoisotopic (exact) mass is 344 g/mol. The van der Waals surface area contributed by atoms with Crippen LogP contribution in [0.3, 0.4) is 0 Å². The van der Waals surface area contributed by atoms with Crippen molar-refractivity contribution in [2.75, 3.05) is 25.0 Å². The number of thiophene rings is 1. The lowest BCUT2D eigenvalue weighted by Crippen LogP contribution is -2.42. The van der Waals surface area contributed by atoms with Gasteiger partial charge in [-0.3, -0.25) is 15.1 Å². The second-order valence-corrected chi connectivity index (χ2v) is 6.73. The van der Waals surface area contributed by atoms with Crippen molar-refractivity contribution in [3.05, 3.63) is 47.6 Å². The van der Waals surface area contributed by atoms with Crippen LogP contribution in [-0.2, 0) is 0 Å². The topological polar surface area (TPSA) is 74.3 Å². The Morgan fingerprint density at radius 1 is 1.21 bits per heavy atom. The number of amides is 3. The maximum Gasteiger partial charge on any atom is 0.319 e. The third-order valence-corrected chi connectivity index (χ3v) is 4.92. The summed E-state index contributed by atoms with van der Waals surface area (Å²) in [4.78, 5) is 30.0. The molecule has 0 unspecified atom stereocenters. The fourth-order valence-corrected chi connectivity index (χ4v) is 3.37. The molecule has 2 N–H and O–H groups in total. The van der Waals surface area contributed by atoms with E-state index in [0.29, 0.717) is 18.0 Å². The molecule has 2 aromatic rings. The van der Waals surface area contributed by atoms with Crippen LogP contribution in [0.5, 0.6) is 0 Å². The van der Waals surface area contributed by atoms with Gasteiger partial charge in [0, 0.05) is 37.6 Å². The molecule has 0 aliphatic carbocycles. The van der Waals surface area contributed by atoms with Crippen LogP contribution < -0.4 is 10.6 Å². The van der Waals surface area contributed by atoms with Crippen molar-refractivity contribution < 1.29 is 9.59 Å². The molecule has 1 aliphatic heterocycles. The molecular weight excluding hydrogens is 324 g/mol. The second kappa shape index (κ2) is 7.92. The van der Waals surface area contributed by atoms with E-state index in [-0.39, 0.29) is 11.9 Å². The van der Waals surface area contributed by atoms with E-state index in [1.165, 1.54) is 11.3 Å². The summed E-state index contributed by atoms with van der Waals surface area (Å²) in [5.41, 5.74) is 0.678. The number of hydrogen-bond acceptors (Lipinski definition) is 4. The van der Waals surface area contributed by atoms with Gasteiger partial charge in [0.05, 0.1) is 5.00 Å². The number of anilines is 1. The highest BCUT2D eigenvalue weighted by atomic mass is 32.1. The van der Waals surface area contributed by atoms with Crippen molar-refractivity contribution in [1.29, 1.82) is 0 Å². The molecule has 0 bridgehead atoms. The predicted molar refractivity (Wildman–Crippen MR) is 94.2 cm³/mol. The number of carbonyl (C=O) groups excluding carboxylic acids is 2. The Hall–Kier alpha value is -2.41. The van der Waals surface area contributed by atoms with Crippen LogP contribution in [0.15, 0.2) is 42.0 Å². The van der Waals surface area contributed by atoms with Crippen LogP contribution in [0.2, 0.25) is 0 Å². The molecule has 3 rings (SSSR count). The van der Waals surface area contributed by atoms with Crippen molar-refractivity contribution >= 4 is 28.3 Å². The molecular formula is C17H20N4O2S. The van der Waals surface area contributed by atoms with Crippen LogP contribution in [0.4, 0.5) is 9.80 Å². The summed E-state index contributed by atoms with van der Waals surface area (Å²) in [6, 6.07) is 7.08. The maximum atomic E-state index is 12.4. The number of rotatable bonds is 4. The summed E-state index contributed by atoms with van der Waals surface area (Å²) in [5, 5.41) is 8.48. The lowest BCUT2D eigenvalue weighted by atomic mass is 9.96. The molecule has 1 fully saturated rings. The normalized spacial score (nSPS) is 15.1. The van der Waals surface area contributed by atoms with E-state index in [0.717, 1.165) is 30.9 Å². The second-order valence-electron chi connectivity index (χ2n) is 5.78. The van der Waals surface area contributed by atoms with Gasteiger partial charge in [-0.15, -0.1) is 11.3 Å². The van der Waals surface area contributed by atoms with Gasteiger partial charge in [-0.2, -0.15) is 0 Å². The minimum Gasteiger partial charge on any atom is -0.339 e. The number of nitrogens with zero attached hydrogens (tertiary/aromatic N) is 2. The van der Waals surface area contributed by atoms with E-state index < -0.39 is 0 Å². The van der Waals surface area contributed by atoms with Gasteiger partial charge in [-0.05, 0) is 48.4 Å². The van der Waals surface area contributed by atoms with Crippen LogP contribution in [0.1, 0.15) is 23.2 Å². The quantitative estimate of drug-likeness (QED) is 0.896. The lowest BCUT2D eigenvalue weighted by Gasteiger charge is -2.32. The molecule has 3 heterocycles.